The van der Waals surface area contributed by atoms with Gasteiger partial charge in [-0.1, -0.05) is 0 Å². The van der Waals surface area contributed by atoms with E-state index in [1.54, 1.807) is 12.3 Å². The van der Waals surface area contributed by atoms with Crippen molar-refractivity contribution in [3.8, 4) is 0 Å². The summed E-state index contributed by atoms with van der Waals surface area (Å²) < 4.78 is 67.6. The Morgan fingerprint density at radius 2 is 1.66 bits per heavy atom. The first-order chi connectivity index (χ1) is 13.6. The number of aryl methyl sites for hydroxylation is 3. The number of hydrazine groups is 1. The number of amides is 1. The van der Waals surface area contributed by atoms with Crippen LogP contribution in [0.2, 0.25) is 0 Å². The van der Waals surface area contributed by atoms with E-state index in [2.05, 4.69) is 4.98 Å². The average molecular weight is 432 g/mol. The van der Waals surface area contributed by atoms with Crippen LogP contribution >= 0.6 is 11.3 Å². The van der Waals surface area contributed by atoms with E-state index in [9.17, 15) is 31.5 Å². The summed E-state index contributed by atoms with van der Waals surface area (Å²) in [5, 5.41) is 0.440. The van der Waals surface area contributed by atoms with E-state index in [0.717, 1.165) is 10.4 Å². The molecule has 0 saturated carbocycles. The topological polar surface area (TPSA) is 76.0 Å². The lowest BCUT2D eigenvalue weighted by molar-refractivity contribution is -0.120. The van der Waals surface area contributed by atoms with Crippen LogP contribution in [0.4, 0.5) is 27.6 Å². The van der Waals surface area contributed by atoms with Crippen molar-refractivity contribution in [2.45, 2.75) is 26.8 Å². The van der Waals surface area contributed by atoms with E-state index >= 15 is 0 Å². The Hall–Kier alpha value is -3.02. The molecule has 0 bridgehead atoms. The molecule has 12 heteroatoms. The van der Waals surface area contributed by atoms with E-state index in [1.165, 1.54) is 22.2 Å². The highest BCUT2D eigenvalue weighted by atomic mass is 32.1. The van der Waals surface area contributed by atoms with Gasteiger partial charge in [0.05, 0.1) is 11.7 Å². The number of carbonyl (C=O) groups excluding carboxylic acids is 1. The number of fused-ring (bicyclic) bond motifs is 1. The molecule has 154 valence electrons. The molecule has 0 atom stereocenters. The Morgan fingerprint density at radius 3 is 2.28 bits per heavy atom. The second-order valence-electron chi connectivity index (χ2n) is 6.07. The maximum atomic E-state index is 13.6. The molecule has 2 N–H and O–H groups in total. The summed E-state index contributed by atoms with van der Waals surface area (Å²) >= 11 is 1.36. The molecule has 2 heterocycles. The van der Waals surface area contributed by atoms with E-state index < -0.39 is 40.7 Å². The molecule has 6 nitrogen and oxygen atoms in total. The number of hydrogen-bond donors (Lipinski definition) is 2. The van der Waals surface area contributed by atoms with Gasteiger partial charge in [0.2, 0.25) is 11.7 Å². The third-order valence-electron chi connectivity index (χ3n) is 4.27. The van der Waals surface area contributed by atoms with Gasteiger partial charge < -0.3 is 0 Å². The van der Waals surface area contributed by atoms with E-state index in [0.29, 0.717) is 10.2 Å². The number of anilines is 1. The maximum absolute atomic E-state index is 13.6. The van der Waals surface area contributed by atoms with Gasteiger partial charge in [0.25, 0.3) is 5.56 Å². The van der Waals surface area contributed by atoms with Crippen LogP contribution in [0.5, 0.6) is 0 Å². The predicted octanol–water partition coefficient (Wildman–Crippen LogP) is 3.30. The van der Waals surface area contributed by atoms with Crippen molar-refractivity contribution in [2.24, 2.45) is 0 Å². The molecule has 3 aromatic rings. The largest absolute Gasteiger partial charge is 0.298 e. The number of nitrogens with one attached hydrogen (secondary N) is 2. The van der Waals surface area contributed by atoms with Crippen molar-refractivity contribution < 1.29 is 26.7 Å². The van der Waals surface area contributed by atoms with E-state index in [-0.39, 0.29) is 18.5 Å². The minimum atomic E-state index is -2.31. The highest BCUT2D eigenvalue weighted by molar-refractivity contribution is 7.18. The van der Waals surface area contributed by atoms with Crippen molar-refractivity contribution in [3.05, 3.63) is 56.2 Å². The first-order valence-electron chi connectivity index (χ1n) is 8.14. The lowest BCUT2D eigenvalue weighted by Crippen LogP contribution is -2.32. The van der Waals surface area contributed by atoms with Crippen LogP contribution in [-0.2, 0) is 11.3 Å². The summed E-state index contributed by atoms with van der Waals surface area (Å²) in [5.74, 6) is -11.7. The van der Waals surface area contributed by atoms with Crippen LogP contribution in [0.15, 0.2) is 11.1 Å². The van der Waals surface area contributed by atoms with Crippen LogP contribution < -0.4 is 16.4 Å². The molecule has 29 heavy (non-hydrogen) atoms. The normalized spacial score (nSPS) is 11.1. The molecule has 0 aliphatic rings. The predicted molar refractivity (Wildman–Crippen MR) is 96.0 cm³/mol. The molecule has 0 aliphatic heterocycles. The highest BCUT2D eigenvalue weighted by Crippen LogP contribution is 2.27. The maximum Gasteiger partial charge on any atom is 0.262 e. The third kappa shape index (κ3) is 3.67. The fourth-order valence-electron chi connectivity index (χ4n) is 2.56. The smallest absolute Gasteiger partial charge is 0.262 e. The molecule has 0 aliphatic carbocycles. The Bertz CT molecular complexity index is 1160. The molecule has 1 aromatic carbocycles. The Balaban J connectivity index is 1.70. The van der Waals surface area contributed by atoms with Gasteiger partial charge in [-0.25, -0.2) is 26.9 Å². The van der Waals surface area contributed by atoms with Crippen LogP contribution in [-0.4, -0.2) is 15.5 Å². The molecule has 0 unspecified atom stereocenters. The minimum absolute atomic E-state index is 0.110. The van der Waals surface area contributed by atoms with E-state index in [1.807, 2.05) is 12.3 Å². The monoisotopic (exact) mass is 432 g/mol. The Labute approximate surface area is 164 Å². The van der Waals surface area contributed by atoms with Crippen LogP contribution in [0.3, 0.4) is 0 Å². The van der Waals surface area contributed by atoms with Crippen molar-refractivity contribution in [1.82, 2.24) is 15.0 Å². The zero-order chi connectivity index (χ0) is 21.5. The number of halogens is 5. The lowest BCUT2D eigenvalue weighted by Gasteiger charge is -2.12. The summed E-state index contributed by atoms with van der Waals surface area (Å²) in [5.41, 5.74) is 2.57. The summed E-state index contributed by atoms with van der Waals surface area (Å²) in [6.45, 7) is 3.52. The van der Waals surface area contributed by atoms with Gasteiger partial charge in [-0.2, -0.15) is 0 Å². The summed E-state index contributed by atoms with van der Waals surface area (Å²) in [4.78, 5) is 30.1. The highest BCUT2D eigenvalue weighted by Gasteiger charge is 2.26. The fourth-order valence-corrected chi connectivity index (χ4v) is 3.55. The van der Waals surface area contributed by atoms with Crippen LogP contribution in [0.25, 0.3) is 10.2 Å². The molecular formula is C17H13F5N4O2S. The molecule has 0 fully saturated rings. The minimum Gasteiger partial charge on any atom is -0.298 e. The summed E-state index contributed by atoms with van der Waals surface area (Å²) in [6.07, 6.45) is 0.947. The summed E-state index contributed by atoms with van der Waals surface area (Å²) in [6, 6.07) is 0. The quantitative estimate of drug-likeness (QED) is 0.281. The van der Waals surface area contributed by atoms with E-state index in [4.69, 9.17) is 0 Å². The average Bonchev–Trinajstić information content (AvgIpc) is 2.98. The number of aromatic nitrogens is 2. The first-order valence-corrected chi connectivity index (χ1v) is 8.96. The second kappa shape index (κ2) is 7.78. The lowest BCUT2D eigenvalue weighted by atomic mass is 10.2. The summed E-state index contributed by atoms with van der Waals surface area (Å²) in [7, 11) is 0. The first kappa shape index (κ1) is 20.7. The molecule has 0 spiro atoms. The molecular weight excluding hydrogens is 419 g/mol. The van der Waals surface area contributed by atoms with Gasteiger partial charge in [-0.15, -0.1) is 11.3 Å². The van der Waals surface area contributed by atoms with Crippen LogP contribution in [0.1, 0.15) is 16.9 Å². The SMILES string of the molecule is Cc1sc2ncn(CCC(=O)NNc3c(F)c(F)c(F)c(F)c3F)c(=O)c2c1C. The second-order valence-corrected chi connectivity index (χ2v) is 7.28. The Morgan fingerprint density at radius 1 is 1.07 bits per heavy atom. The van der Waals surface area contributed by atoms with Crippen molar-refractivity contribution in [1.29, 1.82) is 0 Å². The van der Waals surface area contributed by atoms with Crippen molar-refractivity contribution in [2.75, 3.05) is 5.43 Å². The number of thiophene rings is 1. The van der Waals surface area contributed by atoms with Crippen molar-refractivity contribution >= 4 is 33.1 Å². The molecule has 2 aromatic heterocycles. The fraction of sp³-hybridized carbons (Fsp3) is 0.235. The van der Waals surface area contributed by atoms with Gasteiger partial charge in [-0.05, 0) is 19.4 Å². The zero-order valence-corrected chi connectivity index (χ0v) is 15.8. The zero-order valence-electron chi connectivity index (χ0n) is 15.0. The Kier molecular flexibility index (Phi) is 5.55. The number of carbonyl (C=O) groups is 1. The van der Waals surface area contributed by atoms with Gasteiger partial charge in [0.1, 0.15) is 10.5 Å². The van der Waals surface area contributed by atoms with Gasteiger partial charge in [0.15, 0.2) is 23.3 Å². The number of hydrogen-bond acceptors (Lipinski definition) is 5. The van der Waals surface area contributed by atoms with Crippen LogP contribution in [0, 0.1) is 42.9 Å². The number of nitrogens with zero attached hydrogens (tertiary/aromatic N) is 2. The molecule has 0 saturated heterocycles. The standard InChI is InChI=1S/C17H13F5N4O2S/c1-6-7(2)29-16-9(6)17(28)26(5-23-16)4-3-8(27)24-25-15-13(21)11(19)10(18)12(20)14(15)22/h5,25H,3-4H2,1-2H3,(H,24,27). The number of benzene rings is 1. The molecule has 3 rings (SSSR count). The van der Waals surface area contributed by atoms with Gasteiger partial charge in [0, 0.05) is 17.8 Å². The number of rotatable bonds is 5. The molecule has 1 amide bonds. The third-order valence-corrected chi connectivity index (χ3v) is 5.39. The van der Waals surface area contributed by atoms with Gasteiger partial charge in [-0.3, -0.25) is 25.0 Å². The molecule has 0 radical (unpaired) electrons. The van der Waals surface area contributed by atoms with Crippen molar-refractivity contribution in [3.63, 3.8) is 0 Å². The van der Waals surface area contributed by atoms with Gasteiger partial charge >= 0.3 is 0 Å².